The second-order valence-electron chi connectivity index (χ2n) is 4.58. The summed E-state index contributed by atoms with van der Waals surface area (Å²) >= 11 is 0. The van der Waals surface area contributed by atoms with Crippen molar-refractivity contribution >= 4 is 11.8 Å². The number of hydrogen-bond acceptors (Lipinski definition) is 2. The van der Waals surface area contributed by atoms with Crippen molar-refractivity contribution in [2.24, 2.45) is 11.5 Å². The molecule has 0 saturated heterocycles. The van der Waals surface area contributed by atoms with Crippen LogP contribution in [0.15, 0.2) is 60.7 Å². The van der Waals surface area contributed by atoms with E-state index in [0.717, 1.165) is 17.5 Å². The van der Waals surface area contributed by atoms with Gasteiger partial charge in [0.2, 0.25) is 11.8 Å². The molecule has 0 saturated carbocycles. The van der Waals surface area contributed by atoms with E-state index < -0.39 is 0 Å². The summed E-state index contributed by atoms with van der Waals surface area (Å²) in [4.78, 5) is 20.8. The van der Waals surface area contributed by atoms with E-state index in [1.54, 1.807) is 0 Å². The first-order valence-electron chi connectivity index (χ1n) is 6.72. The molecule has 0 aromatic heterocycles. The minimum Gasteiger partial charge on any atom is -0.370 e. The van der Waals surface area contributed by atoms with E-state index in [2.05, 4.69) is 0 Å². The maximum absolute atomic E-state index is 10.4. The van der Waals surface area contributed by atoms with Gasteiger partial charge in [0.25, 0.3) is 0 Å². The summed E-state index contributed by atoms with van der Waals surface area (Å²) in [7, 11) is 0. The van der Waals surface area contributed by atoms with Crippen LogP contribution in [0.4, 0.5) is 0 Å². The fourth-order valence-electron chi connectivity index (χ4n) is 1.71. The quantitative estimate of drug-likeness (QED) is 0.877. The molecule has 110 valence electrons. The topological polar surface area (TPSA) is 86.2 Å². The molecule has 4 heteroatoms. The molecule has 0 fully saturated rings. The first kappa shape index (κ1) is 16.4. The predicted octanol–water partition coefficient (Wildman–Crippen LogP) is 1.82. The minimum atomic E-state index is -0.286. The summed E-state index contributed by atoms with van der Waals surface area (Å²) < 4.78 is 0. The van der Waals surface area contributed by atoms with E-state index in [0.29, 0.717) is 12.8 Å². The molecule has 21 heavy (non-hydrogen) atoms. The Bertz CT molecular complexity index is 554. The van der Waals surface area contributed by atoms with Crippen LogP contribution in [0.2, 0.25) is 0 Å². The summed E-state index contributed by atoms with van der Waals surface area (Å²) in [6.07, 6.45) is 1.51. The number of rotatable bonds is 5. The standard InChI is InChI=1S/C9H11NO.C8H9NO/c10-9(11)7-6-8-4-2-1-3-5-8;9-8(10)6-7-4-2-1-3-5-7/h1-5H,6-7H2,(H2,10,11);1-5H,6H2,(H2,9,10). The zero-order chi connectivity index (χ0) is 15.5. The highest BCUT2D eigenvalue weighted by atomic mass is 16.1. The Hall–Kier alpha value is -2.62. The molecular formula is C17H20N2O2. The van der Waals surface area contributed by atoms with Gasteiger partial charge in [-0.2, -0.15) is 0 Å². The van der Waals surface area contributed by atoms with Crippen molar-refractivity contribution in [1.82, 2.24) is 0 Å². The lowest BCUT2D eigenvalue weighted by Gasteiger charge is -1.96. The Balaban J connectivity index is 0.000000211. The van der Waals surface area contributed by atoms with Crippen molar-refractivity contribution in [3.05, 3.63) is 71.8 Å². The van der Waals surface area contributed by atoms with E-state index in [-0.39, 0.29) is 11.8 Å². The Kier molecular flexibility index (Phi) is 7.29. The lowest BCUT2D eigenvalue weighted by atomic mass is 10.1. The van der Waals surface area contributed by atoms with Crippen LogP contribution >= 0.6 is 0 Å². The fraction of sp³-hybridized carbons (Fsp3) is 0.176. The van der Waals surface area contributed by atoms with Crippen LogP contribution in [0.1, 0.15) is 17.5 Å². The van der Waals surface area contributed by atoms with Crippen molar-refractivity contribution in [2.75, 3.05) is 0 Å². The number of benzene rings is 2. The SMILES string of the molecule is NC(=O)CCc1ccccc1.NC(=O)Cc1ccccc1. The number of carbonyl (C=O) groups is 2. The molecule has 0 aliphatic heterocycles. The molecule has 0 aliphatic rings. The Morgan fingerprint density at radius 3 is 1.62 bits per heavy atom. The lowest BCUT2D eigenvalue weighted by Crippen LogP contribution is -2.13. The molecule has 0 unspecified atom stereocenters. The van der Waals surface area contributed by atoms with Crippen LogP contribution in [0.5, 0.6) is 0 Å². The van der Waals surface area contributed by atoms with Gasteiger partial charge in [-0.25, -0.2) is 0 Å². The van der Waals surface area contributed by atoms with Gasteiger partial charge in [0.05, 0.1) is 6.42 Å². The molecule has 0 atom stereocenters. The smallest absolute Gasteiger partial charge is 0.221 e. The molecule has 0 heterocycles. The van der Waals surface area contributed by atoms with Crippen molar-refractivity contribution in [3.63, 3.8) is 0 Å². The molecule has 4 nitrogen and oxygen atoms in total. The first-order valence-corrected chi connectivity index (χ1v) is 6.72. The zero-order valence-electron chi connectivity index (χ0n) is 11.9. The van der Waals surface area contributed by atoms with Crippen molar-refractivity contribution in [3.8, 4) is 0 Å². The molecule has 0 aliphatic carbocycles. The van der Waals surface area contributed by atoms with Gasteiger partial charge in [-0.05, 0) is 17.5 Å². The Morgan fingerprint density at radius 1 is 0.714 bits per heavy atom. The monoisotopic (exact) mass is 284 g/mol. The normalized spacial score (nSPS) is 9.33. The van der Waals surface area contributed by atoms with Gasteiger partial charge in [-0.3, -0.25) is 9.59 Å². The summed E-state index contributed by atoms with van der Waals surface area (Å²) in [5.74, 6) is -0.528. The van der Waals surface area contributed by atoms with Crippen LogP contribution < -0.4 is 11.5 Å². The van der Waals surface area contributed by atoms with Gasteiger partial charge in [0.15, 0.2) is 0 Å². The third-order valence-corrected chi connectivity index (χ3v) is 2.72. The van der Waals surface area contributed by atoms with E-state index in [4.69, 9.17) is 11.5 Å². The van der Waals surface area contributed by atoms with Crippen LogP contribution in [-0.4, -0.2) is 11.8 Å². The van der Waals surface area contributed by atoms with Crippen molar-refractivity contribution in [1.29, 1.82) is 0 Å². The number of nitrogens with two attached hydrogens (primary N) is 2. The van der Waals surface area contributed by atoms with Gasteiger partial charge >= 0.3 is 0 Å². The predicted molar refractivity (Wildman–Crippen MR) is 83.3 cm³/mol. The summed E-state index contributed by atoms with van der Waals surface area (Å²) in [6, 6.07) is 19.3. The number of aryl methyl sites for hydroxylation is 1. The Morgan fingerprint density at radius 2 is 1.19 bits per heavy atom. The van der Waals surface area contributed by atoms with Crippen LogP contribution in [0.3, 0.4) is 0 Å². The van der Waals surface area contributed by atoms with Crippen molar-refractivity contribution in [2.45, 2.75) is 19.3 Å². The second kappa shape index (κ2) is 9.31. The summed E-state index contributed by atoms with van der Waals surface area (Å²) in [6.45, 7) is 0. The Labute approximate surface area is 124 Å². The van der Waals surface area contributed by atoms with Crippen LogP contribution in [0, 0.1) is 0 Å². The molecule has 2 aromatic carbocycles. The molecule has 0 bridgehead atoms. The second-order valence-corrected chi connectivity index (χ2v) is 4.58. The lowest BCUT2D eigenvalue weighted by molar-refractivity contribution is -0.118. The number of amides is 2. The fourth-order valence-corrected chi connectivity index (χ4v) is 1.71. The average Bonchev–Trinajstić information content (AvgIpc) is 2.47. The maximum Gasteiger partial charge on any atom is 0.221 e. The average molecular weight is 284 g/mol. The molecule has 4 N–H and O–H groups in total. The number of primary amides is 2. The molecule has 2 aromatic rings. The number of carbonyl (C=O) groups excluding carboxylic acids is 2. The number of hydrogen-bond donors (Lipinski definition) is 2. The highest BCUT2D eigenvalue weighted by Crippen LogP contribution is 2.01. The van der Waals surface area contributed by atoms with Crippen LogP contribution in [-0.2, 0) is 22.4 Å². The molecule has 0 radical (unpaired) electrons. The zero-order valence-corrected chi connectivity index (χ0v) is 11.9. The minimum absolute atomic E-state index is 0.242. The molecule has 0 spiro atoms. The van der Waals surface area contributed by atoms with Gasteiger partial charge in [0, 0.05) is 6.42 Å². The largest absolute Gasteiger partial charge is 0.370 e. The van der Waals surface area contributed by atoms with Crippen molar-refractivity contribution < 1.29 is 9.59 Å². The summed E-state index contributed by atoms with van der Waals surface area (Å²) in [5, 5.41) is 0. The van der Waals surface area contributed by atoms with E-state index in [1.165, 1.54) is 0 Å². The highest BCUT2D eigenvalue weighted by Gasteiger charge is 1.95. The third kappa shape index (κ3) is 8.21. The summed E-state index contributed by atoms with van der Waals surface area (Å²) in [5.41, 5.74) is 12.1. The van der Waals surface area contributed by atoms with Crippen LogP contribution in [0.25, 0.3) is 0 Å². The van der Waals surface area contributed by atoms with E-state index >= 15 is 0 Å². The van der Waals surface area contributed by atoms with Gasteiger partial charge in [-0.1, -0.05) is 60.7 Å². The van der Waals surface area contributed by atoms with Gasteiger partial charge < -0.3 is 11.5 Å². The molecular weight excluding hydrogens is 264 g/mol. The highest BCUT2D eigenvalue weighted by molar-refractivity contribution is 5.76. The van der Waals surface area contributed by atoms with Gasteiger partial charge in [-0.15, -0.1) is 0 Å². The molecule has 2 rings (SSSR count). The van der Waals surface area contributed by atoms with E-state index in [9.17, 15) is 9.59 Å². The van der Waals surface area contributed by atoms with E-state index in [1.807, 2.05) is 60.7 Å². The molecule has 2 amide bonds. The maximum atomic E-state index is 10.4. The third-order valence-electron chi connectivity index (χ3n) is 2.72. The first-order chi connectivity index (χ1) is 10.1. The van der Waals surface area contributed by atoms with Gasteiger partial charge in [0.1, 0.15) is 0 Å².